The van der Waals surface area contributed by atoms with E-state index in [0.29, 0.717) is 17.7 Å². The Labute approximate surface area is 137 Å². The van der Waals surface area contributed by atoms with Gasteiger partial charge in [0.1, 0.15) is 23.4 Å². The van der Waals surface area contributed by atoms with Crippen molar-refractivity contribution in [2.45, 2.75) is 6.54 Å². The van der Waals surface area contributed by atoms with E-state index >= 15 is 0 Å². The molecule has 0 bridgehead atoms. The van der Waals surface area contributed by atoms with Crippen molar-refractivity contribution in [2.24, 2.45) is 0 Å². The summed E-state index contributed by atoms with van der Waals surface area (Å²) in [6.07, 6.45) is 0. The molecule has 2 aromatic carbocycles. The van der Waals surface area contributed by atoms with Crippen molar-refractivity contribution < 1.29 is 14.1 Å². The molecule has 5 nitrogen and oxygen atoms in total. The van der Waals surface area contributed by atoms with Gasteiger partial charge in [-0.05, 0) is 24.3 Å². The number of carbonyl (C=O) groups is 1. The molecule has 1 atom stereocenters. The predicted octanol–water partition coefficient (Wildman–Crippen LogP) is 1.48. The molecule has 23 heavy (non-hydrogen) atoms. The van der Waals surface area contributed by atoms with Gasteiger partial charge in [0.05, 0.1) is 24.5 Å². The Morgan fingerprint density at radius 3 is 2.91 bits per heavy atom. The summed E-state index contributed by atoms with van der Waals surface area (Å²) in [7, 11) is 1.90. The van der Waals surface area contributed by atoms with Crippen molar-refractivity contribution in [1.29, 1.82) is 0 Å². The molecule has 3 aromatic rings. The van der Waals surface area contributed by atoms with Crippen molar-refractivity contribution in [1.82, 2.24) is 8.75 Å². The molecule has 0 aliphatic carbocycles. The van der Waals surface area contributed by atoms with Crippen LogP contribution in [-0.4, -0.2) is 28.2 Å². The molecule has 0 fully saturated rings. The molecule has 7 heteroatoms. The number of halogens is 1. The third-order valence-electron chi connectivity index (χ3n) is 3.42. The number of hydrogen-bond acceptors (Lipinski definition) is 4. The molecule has 2 N–H and O–H groups in total. The summed E-state index contributed by atoms with van der Waals surface area (Å²) in [5, 5.41) is 2.87. The average molecular weight is 331 g/mol. The number of likely N-dealkylation sites (N-methyl/N-ethyl adjacent to an activating group) is 1. The number of fused-ring (bicyclic) bond motifs is 1. The first-order chi connectivity index (χ1) is 11.1. The number of aromatic nitrogens is 2. The van der Waals surface area contributed by atoms with Gasteiger partial charge >= 0.3 is 0 Å². The fourth-order valence-corrected chi connectivity index (χ4v) is 2.98. The quantitative estimate of drug-likeness (QED) is 0.745. The highest BCUT2D eigenvalue weighted by Gasteiger charge is 2.13. The van der Waals surface area contributed by atoms with Crippen LogP contribution in [0.15, 0.2) is 42.5 Å². The number of nitrogens with zero attached hydrogens (tertiary/aromatic N) is 2. The first-order valence-electron chi connectivity index (χ1n) is 7.19. The lowest BCUT2D eigenvalue weighted by molar-refractivity contribution is -0.885. The Bertz CT molecular complexity index is 836. The van der Waals surface area contributed by atoms with Crippen LogP contribution in [0.3, 0.4) is 0 Å². The summed E-state index contributed by atoms with van der Waals surface area (Å²) in [5.74, 6) is -0.373. The lowest BCUT2D eigenvalue weighted by Crippen LogP contribution is -3.08. The SMILES string of the molecule is C[NH+](CC(=O)Nc1cccc2nsnc12)Cc1cccc(F)c1. The van der Waals surface area contributed by atoms with Crippen LogP contribution in [-0.2, 0) is 11.3 Å². The van der Waals surface area contributed by atoms with Crippen molar-refractivity contribution in [2.75, 3.05) is 18.9 Å². The second-order valence-electron chi connectivity index (χ2n) is 5.43. The molecule has 0 saturated carbocycles. The molecule has 0 spiro atoms. The number of benzene rings is 2. The Morgan fingerprint density at radius 1 is 1.26 bits per heavy atom. The molecular formula is C16H16FN4OS+. The average Bonchev–Trinajstić information content (AvgIpc) is 2.96. The van der Waals surface area contributed by atoms with Gasteiger partial charge in [-0.15, -0.1) is 0 Å². The minimum Gasteiger partial charge on any atom is -0.326 e. The minimum absolute atomic E-state index is 0.112. The molecule has 1 heterocycles. The van der Waals surface area contributed by atoms with Crippen LogP contribution in [0.2, 0.25) is 0 Å². The van der Waals surface area contributed by atoms with E-state index in [0.717, 1.165) is 27.7 Å². The Hall–Kier alpha value is -2.38. The zero-order chi connectivity index (χ0) is 16.2. The second kappa shape index (κ2) is 6.80. The minimum atomic E-state index is -0.262. The van der Waals surface area contributed by atoms with E-state index in [4.69, 9.17) is 0 Å². The van der Waals surface area contributed by atoms with Crippen LogP contribution >= 0.6 is 11.7 Å². The van der Waals surface area contributed by atoms with Gasteiger partial charge < -0.3 is 10.2 Å². The van der Waals surface area contributed by atoms with Crippen LogP contribution in [0, 0.1) is 5.82 Å². The van der Waals surface area contributed by atoms with Crippen molar-refractivity contribution in [3.05, 3.63) is 53.8 Å². The van der Waals surface area contributed by atoms with Crippen molar-refractivity contribution in [3.63, 3.8) is 0 Å². The first-order valence-corrected chi connectivity index (χ1v) is 7.92. The molecule has 0 radical (unpaired) electrons. The summed E-state index contributed by atoms with van der Waals surface area (Å²) in [4.78, 5) is 13.2. The van der Waals surface area contributed by atoms with Gasteiger partial charge in [0.25, 0.3) is 5.91 Å². The van der Waals surface area contributed by atoms with Crippen LogP contribution in [0.25, 0.3) is 11.0 Å². The van der Waals surface area contributed by atoms with Gasteiger partial charge in [0.15, 0.2) is 6.54 Å². The monoisotopic (exact) mass is 331 g/mol. The third-order valence-corrected chi connectivity index (χ3v) is 3.96. The zero-order valence-electron chi connectivity index (χ0n) is 12.5. The summed E-state index contributed by atoms with van der Waals surface area (Å²) < 4.78 is 21.5. The lowest BCUT2D eigenvalue weighted by atomic mass is 10.2. The lowest BCUT2D eigenvalue weighted by Gasteiger charge is -2.14. The molecule has 3 rings (SSSR count). The van der Waals surface area contributed by atoms with Gasteiger partial charge in [0.2, 0.25) is 0 Å². The van der Waals surface area contributed by atoms with E-state index in [2.05, 4.69) is 14.1 Å². The third kappa shape index (κ3) is 3.88. The van der Waals surface area contributed by atoms with Crippen LogP contribution in [0.1, 0.15) is 5.56 Å². The smallest absolute Gasteiger partial charge is 0.279 e. The molecule has 0 aliphatic heterocycles. The van der Waals surface area contributed by atoms with Crippen LogP contribution < -0.4 is 10.2 Å². The molecule has 0 aliphatic rings. The number of quaternary nitrogens is 1. The Kier molecular flexibility index (Phi) is 4.59. The number of rotatable bonds is 5. The normalized spacial score (nSPS) is 12.3. The molecule has 1 aromatic heterocycles. The second-order valence-corrected chi connectivity index (χ2v) is 5.95. The topological polar surface area (TPSA) is 59.3 Å². The number of hydrogen-bond donors (Lipinski definition) is 2. The standard InChI is InChI=1S/C16H15FN4OS/c1-21(9-11-4-2-5-12(17)8-11)10-15(22)18-13-6-3-7-14-16(13)20-23-19-14/h2-8H,9-10H2,1H3,(H,18,22)/p+1. The largest absolute Gasteiger partial charge is 0.326 e. The van der Waals surface area contributed by atoms with Gasteiger partial charge in [0, 0.05) is 5.56 Å². The Balaban J connectivity index is 1.61. The van der Waals surface area contributed by atoms with Crippen molar-refractivity contribution in [3.8, 4) is 0 Å². The predicted molar refractivity (Wildman–Crippen MR) is 87.9 cm³/mol. The number of anilines is 1. The molecular weight excluding hydrogens is 315 g/mol. The van der Waals surface area contributed by atoms with Gasteiger partial charge in [-0.3, -0.25) is 4.79 Å². The molecule has 0 saturated heterocycles. The number of nitrogens with one attached hydrogen (secondary N) is 2. The number of carbonyl (C=O) groups excluding carboxylic acids is 1. The highest BCUT2D eigenvalue weighted by Crippen LogP contribution is 2.20. The van der Waals surface area contributed by atoms with Crippen LogP contribution in [0.4, 0.5) is 10.1 Å². The summed E-state index contributed by atoms with van der Waals surface area (Å²) >= 11 is 1.12. The number of amides is 1. The molecule has 1 amide bonds. The molecule has 1 unspecified atom stereocenters. The first kappa shape index (κ1) is 15.5. The maximum atomic E-state index is 13.2. The van der Waals surface area contributed by atoms with E-state index in [-0.39, 0.29) is 18.3 Å². The molecule has 118 valence electrons. The summed E-state index contributed by atoms with van der Waals surface area (Å²) in [6, 6.07) is 11.9. The maximum absolute atomic E-state index is 13.2. The van der Waals surface area contributed by atoms with Gasteiger partial charge in [-0.2, -0.15) is 8.75 Å². The fourth-order valence-electron chi connectivity index (χ4n) is 2.43. The Morgan fingerprint density at radius 2 is 2.09 bits per heavy atom. The van der Waals surface area contributed by atoms with Crippen LogP contribution in [0.5, 0.6) is 0 Å². The maximum Gasteiger partial charge on any atom is 0.279 e. The van der Waals surface area contributed by atoms with E-state index in [1.54, 1.807) is 6.07 Å². The van der Waals surface area contributed by atoms with Crippen molar-refractivity contribution >= 4 is 34.4 Å². The summed E-state index contributed by atoms with van der Waals surface area (Å²) in [5.41, 5.74) is 3.00. The van der Waals surface area contributed by atoms with E-state index < -0.39 is 0 Å². The fraction of sp³-hybridized carbons (Fsp3) is 0.188. The van der Waals surface area contributed by atoms with E-state index in [9.17, 15) is 9.18 Å². The highest BCUT2D eigenvalue weighted by molar-refractivity contribution is 7.00. The van der Waals surface area contributed by atoms with Gasteiger partial charge in [-0.1, -0.05) is 18.2 Å². The van der Waals surface area contributed by atoms with E-state index in [1.807, 2.05) is 31.3 Å². The van der Waals surface area contributed by atoms with E-state index in [1.165, 1.54) is 12.1 Å². The summed E-state index contributed by atoms with van der Waals surface area (Å²) in [6.45, 7) is 0.859. The zero-order valence-corrected chi connectivity index (χ0v) is 13.4. The highest BCUT2D eigenvalue weighted by atomic mass is 32.1. The van der Waals surface area contributed by atoms with Gasteiger partial charge in [-0.25, -0.2) is 4.39 Å².